The van der Waals surface area contributed by atoms with Crippen molar-refractivity contribution in [2.24, 2.45) is 5.92 Å². The summed E-state index contributed by atoms with van der Waals surface area (Å²) in [5, 5.41) is 9.25. The summed E-state index contributed by atoms with van der Waals surface area (Å²) in [4.78, 5) is 46.0. The van der Waals surface area contributed by atoms with E-state index < -0.39 is 5.97 Å². The molecule has 0 unspecified atom stereocenters. The number of carbonyl (C=O) groups is 3. The Morgan fingerprint density at radius 3 is 2.39 bits per heavy atom. The Morgan fingerprint density at radius 2 is 1.74 bits per heavy atom. The lowest BCUT2D eigenvalue weighted by atomic mass is 9.89. The predicted molar refractivity (Wildman–Crippen MR) is 147 cm³/mol. The van der Waals surface area contributed by atoms with Gasteiger partial charge in [-0.25, -0.2) is 14.6 Å². The molecular formula is C30H40N4O4. The highest BCUT2D eigenvalue weighted by molar-refractivity contribution is 6.13. The van der Waals surface area contributed by atoms with Gasteiger partial charge in [-0.05, 0) is 55.4 Å². The lowest BCUT2D eigenvalue weighted by Gasteiger charge is -2.26. The number of hydrogen-bond acceptors (Lipinski definition) is 4. The molecule has 2 aromatic rings. The molecule has 2 fully saturated rings. The number of aromatic carboxylic acids is 1. The van der Waals surface area contributed by atoms with Crippen LogP contribution in [0.3, 0.4) is 0 Å². The molecule has 2 aliphatic rings. The van der Waals surface area contributed by atoms with Crippen LogP contribution in [0.25, 0.3) is 6.08 Å². The van der Waals surface area contributed by atoms with Gasteiger partial charge in [-0.1, -0.05) is 58.1 Å². The summed E-state index contributed by atoms with van der Waals surface area (Å²) in [5.74, 6) is 0.142. The first-order valence-corrected chi connectivity index (χ1v) is 14.1. The molecule has 1 N–H and O–H groups in total. The van der Waals surface area contributed by atoms with E-state index >= 15 is 0 Å². The zero-order valence-electron chi connectivity index (χ0n) is 22.7. The van der Waals surface area contributed by atoms with Gasteiger partial charge in [0.2, 0.25) is 0 Å². The first-order chi connectivity index (χ1) is 18.4. The molecular weight excluding hydrogens is 480 g/mol. The Bertz CT molecular complexity index is 1160. The highest BCUT2D eigenvalue weighted by atomic mass is 16.4. The predicted octanol–water partition coefficient (Wildman–Crippen LogP) is 5.96. The fourth-order valence-corrected chi connectivity index (χ4v) is 5.38. The van der Waals surface area contributed by atoms with Gasteiger partial charge in [0.1, 0.15) is 11.5 Å². The molecule has 1 aromatic heterocycles. The van der Waals surface area contributed by atoms with E-state index in [1.165, 1.54) is 24.2 Å². The maximum atomic E-state index is 13.5. The minimum atomic E-state index is -0.955. The van der Waals surface area contributed by atoms with Crippen LogP contribution in [0.5, 0.6) is 0 Å². The van der Waals surface area contributed by atoms with Crippen LogP contribution < -0.4 is 0 Å². The number of amides is 3. The first kappa shape index (κ1) is 27.6. The molecule has 3 amide bonds. The van der Waals surface area contributed by atoms with Crippen LogP contribution in [-0.2, 0) is 17.8 Å². The first-order valence-electron chi connectivity index (χ1n) is 14.1. The number of rotatable bonds is 12. The van der Waals surface area contributed by atoms with E-state index in [0.29, 0.717) is 31.2 Å². The molecule has 8 nitrogen and oxygen atoms in total. The Morgan fingerprint density at radius 1 is 1.03 bits per heavy atom. The second kappa shape index (κ2) is 12.9. The minimum absolute atomic E-state index is 0.207. The number of unbranched alkanes of at least 4 members (excludes halogenated alkanes) is 2. The summed E-state index contributed by atoms with van der Waals surface area (Å²) < 4.78 is 2.09. The molecule has 2 heterocycles. The lowest BCUT2D eigenvalue weighted by Crippen LogP contribution is -2.36. The number of hydrogen-bond donors (Lipinski definition) is 1. The van der Waals surface area contributed by atoms with Crippen LogP contribution in [0.4, 0.5) is 4.79 Å². The van der Waals surface area contributed by atoms with Crippen LogP contribution in [0.1, 0.15) is 99.1 Å². The number of imide groups is 1. The van der Waals surface area contributed by atoms with Crippen LogP contribution in [0, 0.1) is 5.92 Å². The molecule has 0 bridgehead atoms. The van der Waals surface area contributed by atoms with E-state index in [9.17, 15) is 19.5 Å². The summed E-state index contributed by atoms with van der Waals surface area (Å²) in [6, 6.07) is 6.64. The standard InChI is InChI=1S/C30H40N4O4/c1-3-5-12-27-31-19-25(33(27)20-23-13-15-24(16-14-23)29(36)37)18-26-28(35)32(17-6-4-2)30(38)34(26)21-22-10-8-7-9-11-22/h13-16,18-19,22H,3-12,17,20-21H2,1-2H3,(H,36,37)/b26-18+. The van der Waals surface area contributed by atoms with E-state index in [0.717, 1.165) is 62.0 Å². The Labute approximate surface area is 225 Å². The van der Waals surface area contributed by atoms with Crippen molar-refractivity contribution in [1.29, 1.82) is 0 Å². The summed E-state index contributed by atoms with van der Waals surface area (Å²) in [7, 11) is 0. The number of carboxylic acids is 1. The molecule has 0 spiro atoms. The van der Waals surface area contributed by atoms with Crippen molar-refractivity contribution in [3.05, 3.63) is 58.8 Å². The average molecular weight is 521 g/mol. The van der Waals surface area contributed by atoms with Crippen molar-refractivity contribution in [2.75, 3.05) is 13.1 Å². The van der Waals surface area contributed by atoms with Crippen molar-refractivity contribution < 1.29 is 19.5 Å². The van der Waals surface area contributed by atoms with Gasteiger partial charge in [0.15, 0.2) is 0 Å². The monoisotopic (exact) mass is 520 g/mol. The summed E-state index contributed by atoms with van der Waals surface area (Å²) in [6.07, 6.45) is 13.9. The lowest BCUT2D eigenvalue weighted by molar-refractivity contribution is -0.123. The number of imidazole rings is 1. The van der Waals surface area contributed by atoms with E-state index in [-0.39, 0.29) is 17.5 Å². The maximum absolute atomic E-state index is 13.5. The van der Waals surface area contributed by atoms with Crippen LogP contribution in [0.2, 0.25) is 0 Å². The molecule has 204 valence electrons. The SMILES string of the molecule is CCCCc1ncc(/C=C2\C(=O)N(CCCC)C(=O)N2CC2CCCCC2)n1Cc1ccc(C(=O)O)cc1. The van der Waals surface area contributed by atoms with Crippen molar-refractivity contribution in [2.45, 2.75) is 84.6 Å². The highest BCUT2D eigenvalue weighted by Gasteiger charge is 2.41. The Hall–Kier alpha value is -3.42. The third kappa shape index (κ3) is 6.34. The average Bonchev–Trinajstić information content (AvgIpc) is 3.40. The minimum Gasteiger partial charge on any atom is -0.478 e. The number of nitrogens with zero attached hydrogens (tertiary/aromatic N) is 4. The molecule has 1 aliphatic carbocycles. The molecule has 8 heteroatoms. The third-order valence-electron chi connectivity index (χ3n) is 7.67. The van der Waals surface area contributed by atoms with E-state index in [1.807, 2.05) is 18.2 Å². The zero-order valence-corrected chi connectivity index (χ0v) is 22.7. The van der Waals surface area contributed by atoms with Gasteiger partial charge in [0, 0.05) is 26.1 Å². The van der Waals surface area contributed by atoms with Gasteiger partial charge in [0.05, 0.1) is 17.5 Å². The molecule has 4 rings (SSSR count). The van der Waals surface area contributed by atoms with Gasteiger partial charge < -0.3 is 9.67 Å². The van der Waals surface area contributed by atoms with Crippen molar-refractivity contribution in [3.63, 3.8) is 0 Å². The Kier molecular flexibility index (Phi) is 9.37. The summed E-state index contributed by atoms with van der Waals surface area (Å²) in [5.41, 5.74) is 2.40. The van der Waals surface area contributed by atoms with Crippen molar-refractivity contribution in [3.8, 4) is 0 Å². The van der Waals surface area contributed by atoms with Crippen molar-refractivity contribution in [1.82, 2.24) is 19.4 Å². The number of aryl methyl sites for hydroxylation is 1. The van der Waals surface area contributed by atoms with Gasteiger partial charge in [0.25, 0.3) is 5.91 Å². The summed E-state index contributed by atoms with van der Waals surface area (Å²) >= 11 is 0. The largest absolute Gasteiger partial charge is 0.478 e. The van der Waals surface area contributed by atoms with E-state index in [1.54, 1.807) is 23.2 Å². The van der Waals surface area contributed by atoms with Crippen molar-refractivity contribution >= 4 is 24.0 Å². The topological polar surface area (TPSA) is 95.7 Å². The molecule has 0 atom stereocenters. The molecule has 0 radical (unpaired) electrons. The van der Waals surface area contributed by atoms with Crippen LogP contribution in [0.15, 0.2) is 36.2 Å². The number of carbonyl (C=O) groups excluding carboxylic acids is 2. The van der Waals surface area contributed by atoms with E-state index in [2.05, 4.69) is 23.4 Å². The van der Waals surface area contributed by atoms with Gasteiger partial charge >= 0.3 is 12.0 Å². The Balaban J connectivity index is 1.68. The van der Waals surface area contributed by atoms with Gasteiger partial charge in [-0.15, -0.1) is 0 Å². The maximum Gasteiger partial charge on any atom is 0.335 e. The zero-order chi connectivity index (χ0) is 27.1. The number of benzene rings is 1. The molecule has 1 saturated heterocycles. The molecule has 1 aromatic carbocycles. The third-order valence-corrected chi connectivity index (χ3v) is 7.67. The van der Waals surface area contributed by atoms with Crippen LogP contribution in [-0.4, -0.2) is 55.5 Å². The molecule has 38 heavy (non-hydrogen) atoms. The fourth-order valence-electron chi connectivity index (χ4n) is 5.38. The fraction of sp³-hybridized carbons (Fsp3) is 0.533. The number of aromatic nitrogens is 2. The molecule has 1 aliphatic heterocycles. The highest BCUT2D eigenvalue weighted by Crippen LogP contribution is 2.30. The quantitative estimate of drug-likeness (QED) is 0.275. The van der Waals surface area contributed by atoms with E-state index in [4.69, 9.17) is 0 Å². The normalized spacial score (nSPS) is 17.7. The smallest absolute Gasteiger partial charge is 0.335 e. The summed E-state index contributed by atoms with van der Waals surface area (Å²) in [6.45, 7) is 5.71. The van der Waals surface area contributed by atoms with Gasteiger partial charge in [-0.3, -0.25) is 14.6 Å². The van der Waals surface area contributed by atoms with Crippen LogP contribution >= 0.6 is 0 Å². The number of carboxylic acid groups (broad SMARTS) is 1. The van der Waals surface area contributed by atoms with Gasteiger partial charge in [-0.2, -0.15) is 0 Å². The second-order valence-corrected chi connectivity index (χ2v) is 10.5. The second-order valence-electron chi connectivity index (χ2n) is 10.5. The number of urea groups is 1. The molecule has 1 saturated carbocycles.